The van der Waals surface area contributed by atoms with Crippen molar-refractivity contribution in [2.24, 2.45) is 5.41 Å². The number of hydrogen-bond acceptors (Lipinski definition) is 4. The molecule has 0 radical (unpaired) electrons. The fraction of sp³-hybridized carbons (Fsp3) is 0.857. The van der Waals surface area contributed by atoms with Crippen molar-refractivity contribution in [2.75, 3.05) is 26.8 Å². The van der Waals surface area contributed by atoms with Gasteiger partial charge in [0, 0.05) is 13.7 Å². The smallest absolute Gasteiger partial charge is 0.407 e. The summed E-state index contributed by atoms with van der Waals surface area (Å²) >= 11 is 0. The van der Waals surface area contributed by atoms with Crippen LogP contribution in [0.3, 0.4) is 0 Å². The summed E-state index contributed by atoms with van der Waals surface area (Å²) in [5, 5.41) is 2.49. The van der Waals surface area contributed by atoms with Crippen LogP contribution in [0.4, 0.5) is 4.79 Å². The average Bonchev–Trinajstić information content (AvgIpc) is 2.61. The lowest BCUT2D eigenvalue weighted by Gasteiger charge is -2.24. The Morgan fingerprint density at radius 2 is 2.05 bits per heavy atom. The minimum absolute atomic E-state index is 0.0398. The highest BCUT2D eigenvalue weighted by atomic mass is 16.6. The predicted molar refractivity (Wildman–Crippen MR) is 75.4 cm³/mol. The largest absolute Gasteiger partial charge is 0.447 e. The molecule has 0 aromatic carbocycles. The van der Waals surface area contributed by atoms with Crippen LogP contribution in [0.25, 0.3) is 0 Å². The molecule has 0 aliphatic carbocycles. The molecule has 0 unspecified atom stereocenters. The molecule has 0 aromatic heterocycles. The molecular weight excluding hydrogens is 260 g/mol. The molecule has 1 saturated heterocycles. The van der Waals surface area contributed by atoms with Gasteiger partial charge in [-0.3, -0.25) is 4.79 Å². The maximum atomic E-state index is 12.2. The zero-order valence-corrected chi connectivity index (χ0v) is 13.1. The molecular formula is C14H26N2O4. The first-order valence-electron chi connectivity index (χ1n) is 6.98. The van der Waals surface area contributed by atoms with E-state index in [0.29, 0.717) is 13.2 Å². The van der Waals surface area contributed by atoms with E-state index in [4.69, 9.17) is 9.47 Å². The number of carbonyl (C=O) groups is 2. The van der Waals surface area contributed by atoms with Crippen LogP contribution in [0, 0.1) is 5.41 Å². The molecule has 1 N–H and O–H groups in total. The van der Waals surface area contributed by atoms with Crippen molar-refractivity contribution in [2.45, 2.75) is 46.3 Å². The second-order valence-electron chi connectivity index (χ2n) is 6.31. The monoisotopic (exact) mass is 286 g/mol. The van der Waals surface area contributed by atoms with Gasteiger partial charge in [0.15, 0.2) is 0 Å². The van der Waals surface area contributed by atoms with E-state index >= 15 is 0 Å². The quantitative estimate of drug-likeness (QED) is 0.829. The molecule has 6 nitrogen and oxygen atoms in total. The molecule has 6 heteroatoms. The first-order valence-corrected chi connectivity index (χ1v) is 6.98. The van der Waals surface area contributed by atoms with Crippen LogP contribution in [0.1, 0.15) is 34.1 Å². The molecule has 1 aliphatic heterocycles. The molecule has 0 bridgehead atoms. The number of rotatable bonds is 5. The van der Waals surface area contributed by atoms with Crippen molar-refractivity contribution in [3.8, 4) is 0 Å². The fourth-order valence-electron chi connectivity index (χ4n) is 2.54. The molecule has 1 rings (SSSR count). The first kappa shape index (κ1) is 16.8. The Morgan fingerprint density at radius 1 is 1.40 bits per heavy atom. The third-order valence-electron chi connectivity index (χ3n) is 3.23. The fourth-order valence-corrected chi connectivity index (χ4v) is 2.54. The van der Waals surface area contributed by atoms with Crippen LogP contribution in [-0.4, -0.2) is 55.9 Å². The predicted octanol–water partition coefficient (Wildman–Crippen LogP) is 1.39. The van der Waals surface area contributed by atoms with Crippen molar-refractivity contribution >= 4 is 12.0 Å². The van der Waals surface area contributed by atoms with Crippen LogP contribution in [0.2, 0.25) is 0 Å². The lowest BCUT2D eigenvalue weighted by molar-refractivity contribution is -0.132. The van der Waals surface area contributed by atoms with Crippen molar-refractivity contribution < 1.29 is 19.1 Å². The van der Waals surface area contributed by atoms with E-state index in [2.05, 4.69) is 19.2 Å². The van der Waals surface area contributed by atoms with Gasteiger partial charge in [0.1, 0.15) is 6.54 Å². The number of likely N-dealkylation sites (tertiary alicyclic amines) is 1. The summed E-state index contributed by atoms with van der Waals surface area (Å²) in [4.78, 5) is 25.4. The molecule has 1 fully saturated rings. The number of amides is 2. The van der Waals surface area contributed by atoms with Crippen molar-refractivity contribution in [1.82, 2.24) is 10.2 Å². The van der Waals surface area contributed by atoms with E-state index in [9.17, 15) is 9.59 Å². The number of hydrogen-bond donors (Lipinski definition) is 1. The highest BCUT2D eigenvalue weighted by molar-refractivity contribution is 5.82. The maximum Gasteiger partial charge on any atom is 0.407 e. The molecule has 0 saturated carbocycles. The molecule has 2 amide bonds. The maximum absolute atomic E-state index is 12.2. The van der Waals surface area contributed by atoms with Gasteiger partial charge in [0.2, 0.25) is 5.91 Å². The lowest BCUT2D eigenvalue weighted by Crippen LogP contribution is -2.44. The Labute approximate surface area is 120 Å². The van der Waals surface area contributed by atoms with Gasteiger partial charge in [0.05, 0.1) is 18.8 Å². The molecule has 1 aliphatic rings. The summed E-state index contributed by atoms with van der Waals surface area (Å²) in [6.45, 7) is 8.94. The van der Waals surface area contributed by atoms with Crippen molar-refractivity contribution in [3.05, 3.63) is 0 Å². The van der Waals surface area contributed by atoms with Crippen molar-refractivity contribution in [1.29, 1.82) is 0 Å². The highest BCUT2D eigenvalue weighted by Crippen LogP contribution is 2.33. The van der Waals surface area contributed by atoms with Gasteiger partial charge in [-0.15, -0.1) is 0 Å². The van der Waals surface area contributed by atoms with Crippen LogP contribution in [0.15, 0.2) is 0 Å². The topological polar surface area (TPSA) is 67.9 Å². The van der Waals surface area contributed by atoms with E-state index in [1.165, 1.54) is 0 Å². The molecule has 1 atom stereocenters. The molecule has 116 valence electrons. The summed E-state index contributed by atoms with van der Waals surface area (Å²) in [6, 6.07) is 0.0745. The summed E-state index contributed by atoms with van der Waals surface area (Å²) in [5.41, 5.74) is 0.0807. The number of nitrogens with zero attached hydrogens (tertiary/aromatic N) is 1. The van der Waals surface area contributed by atoms with Gasteiger partial charge >= 0.3 is 6.09 Å². The number of nitrogens with one attached hydrogen (secondary N) is 1. The van der Waals surface area contributed by atoms with Gasteiger partial charge < -0.3 is 19.7 Å². The van der Waals surface area contributed by atoms with Crippen molar-refractivity contribution in [3.63, 3.8) is 0 Å². The summed E-state index contributed by atoms with van der Waals surface area (Å²) in [7, 11) is 1.63. The molecule has 0 aromatic rings. The Hall–Kier alpha value is -1.30. The van der Waals surface area contributed by atoms with Gasteiger partial charge in [-0.05, 0) is 25.7 Å². The molecule has 1 heterocycles. The molecule has 20 heavy (non-hydrogen) atoms. The normalized spacial score (nSPS) is 21.1. The molecule has 0 spiro atoms. The summed E-state index contributed by atoms with van der Waals surface area (Å²) in [6.07, 6.45) is 0.149. The number of methoxy groups -OCH3 is 1. The third-order valence-corrected chi connectivity index (χ3v) is 3.23. The number of alkyl carbamates (subject to hydrolysis) is 1. The zero-order valence-electron chi connectivity index (χ0n) is 13.1. The van der Waals surface area contributed by atoms with Crippen LogP contribution in [-0.2, 0) is 14.3 Å². The van der Waals surface area contributed by atoms with E-state index < -0.39 is 6.09 Å². The minimum Gasteiger partial charge on any atom is -0.447 e. The number of carbonyl (C=O) groups excluding carboxylic acids is 2. The Balaban J connectivity index is 2.51. The van der Waals surface area contributed by atoms with Gasteiger partial charge in [-0.25, -0.2) is 4.79 Å². The second kappa shape index (κ2) is 6.92. The van der Waals surface area contributed by atoms with E-state index in [0.717, 1.165) is 6.42 Å². The van der Waals surface area contributed by atoms with Gasteiger partial charge in [0.25, 0.3) is 0 Å². The Kier molecular flexibility index (Phi) is 5.80. The number of ether oxygens (including phenoxy) is 2. The first-order chi connectivity index (χ1) is 9.25. The third kappa shape index (κ3) is 5.00. The SMILES string of the molecule is COC[C@@H]1CC(C)(C)CN1C(=O)CNC(=O)OC(C)C. The van der Waals surface area contributed by atoms with E-state index in [-0.39, 0.29) is 30.0 Å². The standard InChI is InChI=1S/C14H26N2O4/c1-10(2)20-13(18)15-7-12(17)16-9-14(3,4)6-11(16)8-19-5/h10-11H,6-9H2,1-5H3,(H,15,18)/t11-/m0/s1. The van der Waals surface area contributed by atoms with Crippen LogP contribution >= 0.6 is 0 Å². The Bertz CT molecular complexity index is 355. The highest BCUT2D eigenvalue weighted by Gasteiger charge is 2.39. The lowest BCUT2D eigenvalue weighted by atomic mass is 9.91. The summed E-state index contributed by atoms with van der Waals surface area (Å²) in [5.74, 6) is -0.0988. The Morgan fingerprint density at radius 3 is 2.60 bits per heavy atom. The van der Waals surface area contributed by atoms with Gasteiger partial charge in [-0.2, -0.15) is 0 Å². The van der Waals surface area contributed by atoms with Gasteiger partial charge in [-0.1, -0.05) is 13.8 Å². The second-order valence-corrected chi connectivity index (χ2v) is 6.31. The summed E-state index contributed by atoms with van der Waals surface area (Å²) < 4.78 is 10.1. The van der Waals surface area contributed by atoms with Crippen LogP contribution < -0.4 is 5.32 Å². The zero-order chi connectivity index (χ0) is 15.3. The average molecular weight is 286 g/mol. The minimum atomic E-state index is -0.560. The van der Waals surface area contributed by atoms with E-state index in [1.54, 1.807) is 25.9 Å². The van der Waals surface area contributed by atoms with E-state index in [1.807, 2.05) is 0 Å². The van der Waals surface area contributed by atoms with Crippen LogP contribution in [0.5, 0.6) is 0 Å².